The summed E-state index contributed by atoms with van der Waals surface area (Å²) in [4.78, 5) is 22.6. The highest BCUT2D eigenvalue weighted by Crippen LogP contribution is 2.30. The van der Waals surface area contributed by atoms with Gasteiger partial charge >= 0.3 is 6.61 Å². The third kappa shape index (κ3) is 5.83. The summed E-state index contributed by atoms with van der Waals surface area (Å²) in [6.45, 7) is -3.17. The van der Waals surface area contributed by atoms with Crippen molar-refractivity contribution in [3.8, 4) is 11.5 Å². The lowest BCUT2D eigenvalue weighted by Gasteiger charge is -2.09. The lowest BCUT2D eigenvalue weighted by Crippen LogP contribution is -2.11. The van der Waals surface area contributed by atoms with E-state index in [1.165, 1.54) is 48.5 Å². The van der Waals surface area contributed by atoms with Crippen molar-refractivity contribution in [3.63, 3.8) is 0 Å². The van der Waals surface area contributed by atoms with Crippen molar-refractivity contribution in [2.45, 2.75) is 13.2 Å². The molecule has 1 heterocycles. The number of anilines is 1. The zero-order chi connectivity index (χ0) is 22.5. The molecule has 31 heavy (non-hydrogen) atoms. The molecule has 3 aromatic rings. The van der Waals surface area contributed by atoms with Gasteiger partial charge in [0.15, 0.2) is 5.76 Å². The van der Waals surface area contributed by atoms with Crippen LogP contribution in [-0.4, -0.2) is 17.4 Å². The number of hydrogen-bond acceptors (Lipinski definition) is 6. The van der Waals surface area contributed by atoms with Gasteiger partial charge in [-0.05, 0) is 36.4 Å². The van der Waals surface area contributed by atoms with Gasteiger partial charge in [-0.1, -0.05) is 23.2 Å². The van der Waals surface area contributed by atoms with E-state index in [2.05, 4.69) is 10.1 Å². The Morgan fingerprint density at radius 3 is 2.55 bits per heavy atom. The number of nitrogens with zero attached hydrogens (tertiary/aromatic N) is 1. The number of nitro benzene ring substituents is 1. The number of nitro groups is 1. The van der Waals surface area contributed by atoms with E-state index in [1.54, 1.807) is 0 Å². The van der Waals surface area contributed by atoms with Crippen molar-refractivity contribution in [1.82, 2.24) is 0 Å². The fourth-order valence-corrected chi connectivity index (χ4v) is 2.80. The SMILES string of the molecule is O=C(Nc1ccc(OC(F)F)c(Cl)c1)c1ccc(COc2cc([N+](=O)[O-])ccc2Cl)o1. The lowest BCUT2D eigenvalue weighted by atomic mass is 10.3. The first kappa shape index (κ1) is 22.3. The first-order valence-corrected chi connectivity index (χ1v) is 9.19. The van der Waals surface area contributed by atoms with Crippen LogP contribution in [0.2, 0.25) is 10.0 Å². The van der Waals surface area contributed by atoms with Crippen molar-refractivity contribution < 1.29 is 32.4 Å². The summed E-state index contributed by atoms with van der Waals surface area (Å²) in [5.74, 6) is -0.580. The van der Waals surface area contributed by atoms with Crippen LogP contribution in [0.15, 0.2) is 52.9 Å². The normalized spacial score (nSPS) is 10.7. The number of rotatable bonds is 8. The number of amides is 1. The molecule has 0 aliphatic rings. The number of hydrogen-bond donors (Lipinski definition) is 1. The molecule has 2 aromatic carbocycles. The zero-order valence-electron chi connectivity index (χ0n) is 15.3. The van der Waals surface area contributed by atoms with Gasteiger partial charge < -0.3 is 19.2 Å². The fraction of sp³-hybridized carbons (Fsp3) is 0.105. The highest BCUT2D eigenvalue weighted by atomic mass is 35.5. The molecule has 8 nitrogen and oxygen atoms in total. The second kappa shape index (κ2) is 9.63. The molecule has 0 radical (unpaired) electrons. The maximum Gasteiger partial charge on any atom is 0.387 e. The van der Waals surface area contributed by atoms with Crippen LogP contribution in [0.3, 0.4) is 0 Å². The maximum atomic E-state index is 12.3. The van der Waals surface area contributed by atoms with Crippen LogP contribution in [0.5, 0.6) is 11.5 Å². The molecular weight excluding hydrogens is 461 g/mol. The minimum atomic E-state index is -3.03. The molecule has 0 atom stereocenters. The van der Waals surface area contributed by atoms with Gasteiger partial charge in [0.25, 0.3) is 11.6 Å². The summed E-state index contributed by atoms with van der Waals surface area (Å²) >= 11 is 11.8. The third-order valence-electron chi connectivity index (χ3n) is 3.79. The van der Waals surface area contributed by atoms with E-state index in [9.17, 15) is 23.7 Å². The average Bonchev–Trinajstić information content (AvgIpc) is 3.18. The van der Waals surface area contributed by atoms with E-state index < -0.39 is 17.4 Å². The second-order valence-corrected chi connectivity index (χ2v) is 6.72. The average molecular weight is 473 g/mol. The molecular formula is C19H12Cl2F2N2O6. The first-order valence-electron chi connectivity index (χ1n) is 8.44. The molecule has 1 amide bonds. The minimum absolute atomic E-state index is 0.0623. The molecule has 12 heteroatoms. The molecule has 0 aliphatic heterocycles. The van der Waals surface area contributed by atoms with E-state index in [1.807, 2.05) is 0 Å². The Kier molecular flexibility index (Phi) is 6.93. The van der Waals surface area contributed by atoms with Crippen molar-refractivity contribution in [1.29, 1.82) is 0 Å². The number of ether oxygens (including phenoxy) is 2. The summed E-state index contributed by atoms with van der Waals surface area (Å²) < 4.78 is 39.6. The monoisotopic (exact) mass is 472 g/mol. The van der Waals surface area contributed by atoms with E-state index in [0.29, 0.717) is 0 Å². The van der Waals surface area contributed by atoms with Gasteiger partial charge in [0.1, 0.15) is 23.9 Å². The van der Waals surface area contributed by atoms with Crippen LogP contribution >= 0.6 is 23.2 Å². The number of halogens is 4. The molecule has 0 unspecified atom stereocenters. The van der Waals surface area contributed by atoms with Crippen LogP contribution < -0.4 is 14.8 Å². The zero-order valence-corrected chi connectivity index (χ0v) is 16.8. The highest BCUT2D eigenvalue weighted by Gasteiger charge is 2.15. The van der Waals surface area contributed by atoms with Gasteiger partial charge in [0.2, 0.25) is 0 Å². The number of alkyl halides is 2. The van der Waals surface area contributed by atoms with E-state index in [-0.39, 0.29) is 51.0 Å². The van der Waals surface area contributed by atoms with Crippen LogP contribution in [-0.2, 0) is 6.61 Å². The molecule has 0 fully saturated rings. The maximum absolute atomic E-state index is 12.3. The molecule has 1 aromatic heterocycles. The molecule has 162 valence electrons. The number of benzene rings is 2. The number of carbonyl (C=O) groups is 1. The Morgan fingerprint density at radius 1 is 1.10 bits per heavy atom. The van der Waals surface area contributed by atoms with Crippen molar-refractivity contribution in [2.24, 2.45) is 0 Å². The van der Waals surface area contributed by atoms with E-state index in [4.69, 9.17) is 32.4 Å². The molecule has 0 bridgehead atoms. The van der Waals surface area contributed by atoms with Gasteiger partial charge in [-0.3, -0.25) is 14.9 Å². The summed E-state index contributed by atoms with van der Waals surface area (Å²) in [5.41, 5.74) is 0.0386. The standard InChI is InChI=1S/C19H12Cl2F2N2O6/c20-13-4-2-11(25(27)28)8-17(13)29-9-12-3-6-16(30-12)18(26)24-10-1-5-15(14(21)7-10)31-19(22)23/h1-8,19H,9H2,(H,24,26). The molecule has 0 saturated heterocycles. The molecule has 1 N–H and O–H groups in total. The van der Waals surface area contributed by atoms with Gasteiger partial charge in [-0.15, -0.1) is 0 Å². The van der Waals surface area contributed by atoms with E-state index in [0.717, 1.165) is 0 Å². The van der Waals surface area contributed by atoms with Gasteiger partial charge in [0.05, 0.1) is 21.0 Å². The number of nitrogens with one attached hydrogen (secondary N) is 1. The Balaban J connectivity index is 1.63. The Bertz CT molecular complexity index is 1120. The largest absolute Gasteiger partial charge is 0.484 e. The topological polar surface area (TPSA) is 104 Å². The molecule has 0 saturated carbocycles. The minimum Gasteiger partial charge on any atom is -0.484 e. The fourth-order valence-electron chi connectivity index (χ4n) is 2.41. The Morgan fingerprint density at radius 2 is 1.87 bits per heavy atom. The second-order valence-electron chi connectivity index (χ2n) is 5.90. The first-order chi connectivity index (χ1) is 14.7. The van der Waals surface area contributed by atoms with Gasteiger partial charge in [-0.25, -0.2) is 0 Å². The van der Waals surface area contributed by atoms with E-state index >= 15 is 0 Å². The van der Waals surface area contributed by atoms with Crippen molar-refractivity contribution in [3.05, 3.63) is 80.2 Å². The van der Waals surface area contributed by atoms with Gasteiger partial charge in [0, 0.05) is 11.8 Å². The quantitative estimate of drug-likeness (QED) is 0.322. The highest BCUT2D eigenvalue weighted by molar-refractivity contribution is 6.32. The predicted octanol–water partition coefficient (Wildman–Crippen LogP) is 5.93. The summed E-state index contributed by atoms with van der Waals surface area (Å²) in [5, 5.41) is 13.4. The molecule has 0 spiro atoms. The molecule has 0 aliphatic carbocycles. The van der Waals surface area contributed by atoms with Crippen LogP contribution in [0.25, 0.3) is 0 Å². The van der Waals surface area contributed by atoms with Crippen LogP contribution in [0, 0.1) is 10.1 Å². The number of non-ortho nitro benzene ring substituents is 1. The van der Waals surface area contributed by atoms with Crippen LogP contribution in [0.1, 0.15) is 16.3 Å². The van der Waals surface area contributed by atoms with Crippen molar-refractivity contribution >= 4 is 40.5 Å². The number of furan rings is 1. The summed E-state index contributed by atoms with van der Waals surface area (Å²) in [6, 6.07) is 10.4. The Labute approximate surface area is 183 Å². The summed E-state index contributed by atoms with van der Waals surface area (Å²) in [6.07, 6.45) is 0. The summed E-state index contributed by atoms with van der Waals surface area (Å²) in [7, 11) is 0. The van der Waals surface area contributed by atoms with Crippen molar-refractivity contribution in [2.75, 3.05) is 5.32 Å². The molecule has 3 rings (SSSR count). The van der Waals surface area contributed by atoms with Crippen LogP contribution in [0.4, 0.5) is 20.2 Å². The van der Waals surface area contributed by atoms with Gasteiger partial charge in [-0.2, -0.15) is 8.78 Å². The number of carbonyl (C=O) groups excluding carboxylic acids is 1. The predicted molar refractivity (Wildman–Crippen MR) is 107 cm³/mol. The lowest BCUT2D eigenvalue weighted by molar-refractivity contribution is -0.384. The Hall–Kier alpha value is -3.37. The third-order valence-corrected chi connectivity index (χ3v) is 4.39. The smallest absolute Gasteiger partial charge is 0.387 e.